The summed E-state index contributed by atoms with van der Waals surface area (Å²) in [7, 11) is 0. The van der Waals surface area contributed by atoms with Gasteiger partial charge in [0, 0.05) is 28.6 Å². The largest absolute Gasteiger partial charge is 0.484 e. The zero-order valence-corrected chi connectivity index (χ0v) is 21.3. The van der Waals surface area contributed by atoms with Crippen LogP contribution < -0.4 is 10.1 Å². The van der Waals surface area contributed by atoms with Crippen molar-refractivity contribution in [2.24, 2.45) is 0 Å². The lowest BCUT2D eigenvalue weighted by atomic mass is 10.1. The van der Waals surface area contributed by atoms with E-state index in [-0.39, 0.29) is 24.8 Å². The molecule has 4 aromatic rings. The number of halogens is 2. The average Bonchev–Trinajstić information content (AvgIpc) is 3.23. The van der Waals surface area contributed by atoms with E-state index in [9.17, 15) is 9.59 Å². The van der Waals surface area contributed by atoms with Crippen LogP contribution in [0.4, 0.5) is 0 Å². The number of Topliss-reactive ketones (excluding diaryl/α,β-unsaturated/α-hetero) is 1. The van der Waals surface area contributed by atoms with E-state index >= 15 is 0 Å². The molecular formula is C28H27Cl2N3O3. The van der Waals surface area contributed by atoms with Gasteiger partial charge in [0.25, 0.3) is 5.91 Å². The standard InChI is InChI=1S/C28H27Cl2N3O3/c29-21-11-9-20(10-12-21)26(34)18-33-25-7-4-3-6-24(25)32-27(33)8-2-1-5-17-31-28(35)19-36-23-15-13-22(30)14-16-23/h3-4,6-7,9-16H,1-2,5,8,17-19H2,(H,31,35). The number of rotatable bonds is 12. The summed E-state index contributed by atoms with van der Waals surface area (Å²) in [5.74, 6) is 1.35. The summed E-state index contributed by atoms with van der Waals surface area (Å²) in [6, 6.07) is 21.7. The highest BCUT2D eigenvalue weighted by Crippen LogP contribution is 2.20. The molecule has 0 atom stereocenters. The van der Waals surface area contributed by atoms with Gasteiger partial charge in [-0.3, -0.25) is 9.59 Å². The second-order valence-electron chi connectivity index (χ2n) is 8.44. The fourth-order valence-electron chi connectivity index (χ4n) is 3.91. The van der Waals surface area contributed by atoms with E-state index in [1.165, 1.54) is 0 Å². The SMILES string of the molecule is O=C(COc1ccc(Cl)cc1)NCCCCCc1nc2ccccc2n1CC(=O)c1ccc(Cl)cc1. The number of carbonyl (C=O) groups is 2. The molecule has 1 aromatic heterocycles. The van der Waals surface area contributed by atoms with Crippen LogP contribution in [0.5, 0.6) is 5.75 Å². The summed E-state index contributed by atoms with van der Waals surface area (Å²) in [5, 5.41) is 4.10. The second kappa shape index (κ2) is 12.6. The van der Waals surface area contributed by atoms with Crippen LogP contribution in [0.15, 0.2) is 72.8 Å². The Morgan fingerprint density at radius 2 is 1.56 bits per heavy atom. The van der Waals surface area contributed by atoms with Crippen LogP contribution in [0.1, 0.15) is 35.4 Å². The number of aromatic nitrogens is 2. The minimum Gasteiger partial charge on any atom is -0.484 e. The molecule has 0 aliphatic heterocycles. The monoisotopic (exact) mass is 523 g/mol. The van der Waals surface area contributed by atoms with Gasteiger partial charge in [-0.15, -0.1) is 0 Å². The molecule has 4 rings (SSSR count). The van der Waals surface area contributed by atoms with Gasteiger partial charge in [0.05, 0.1) is 17.6 Å². The summed E-state index contributed by atoms with van der Waals surface area (Å²) in [6.07, 6.45) is 3.41. The van der Waals surface area contributed by atoms with E-state index in [1.54, 1.807) is 48.5 Å². The second-order valence-corrected chi connectivity index (χ2v) is 9.31. The predicted octanol–water partition coefficient (Wildman–Crippen LogP) is 6.13. The summed E-state index contributed by atoms with van der Waals surface area (Å²) in [6.45, 7) is 0.767. The Balaban J connectivity index is 1.25. The molecule has 0 fully saturated rings. The van der Waals surface area contributed by atoms with Crippen molar-refractivity contribution in [2.45, 2.75) is 32.2 Å². The number of amides is 1. The number of hydrogen-bond donors (Lipinski definition) is 1. The zero-order valence-electron chi connectivity index (χ0n) is 19.8. The number of imidazole rings is 1. The number of fused-ring (bicyclic) bond motifs is 1. The lowest BCUT2D eigenvalue weighted by molar-refractivity contribution is -0.123. The number of unbranched alkanes of at least 4 members (excludes halogenated alkanes) is 2. The van der Waals surface area contributed by atoms with Gasteiger partial charge in [-0.05, 0) is 73.5 Å². The molecule has 0 saturated carbocycles. The first-order valence-electron chi connectivity index (χ1n) is 11.9. The van der Waals surface area contributed by atoms with Crippen LogP contribution in [-0.4, -0.2) is 34.4 Å². The minimum absolute atomic E-state index is 0.0135. The summed E-state index contributed by atoms with van der Waals surface area (Å²) in [4.78, 5) is 29.7. The highest BCUT2D eigenvalue weighted by molar-refractivity contribution is 6.30. The number of aryl methyl sites for hydroxylation is 1. The molecule has 1 N–H and O–H groups in total. The number of benzene rings is 3. The molecule has 3 aromatic carbocycles. The fourth-order valence-corrected chi connectivity index (χ4v) is 4.16. The Labute approximate surface area is 220 Å². The molecule has 0 radical (unpaired) electrons. The smallest absolute Gasteiger partial charge is 0.257 e. The number of nitrogens with zero attached hydrogens (tertiary/aromatic N) is 2. The van der Waals surface area contributed by atoms with Crippen LogP contribution >= 0.6 is 23.2 Å². The van der Waals surface area contributed by atoms with Crippen LogP contribution in [0, 0.1) is 0 Å². The Kier molecular flexibility index (Phi) is 8.98. The highest BCUT2D eigenvalue weighted by Gasteiger charge is 2.15. The molecule has 8 heteroatoms. The number of para-hydroxylation sites is 2. The van der Waals surface area contributed by atoms with Gasteiger partial charge in [-0.2, -0.15) is 0 Å². The lowest BCUT2D eigenvalue weighted by Crippen LogP contribution is -2.29. The van der Waals surface area contributed by atoms with Crippen LogP contribution in [-0.2, 0) is 17.8 Å². The molecule has 186 valence electrons. The zero-order chi connectivity index (χ0) is 25.3. The van der Waals surface area contributed by atoms with Gasteiger partial charge in [0.2, 0.25) is 0 Å². The van der Waals surface area contributed by atoms with Gasteiger partial charge in [-0.25, -0.2) is 4.98 Å². The van der Waals surface area contributed by atoms with E-state index in [2.05, 4.69) is 5.32 Å². The number of nitrogens with one attached hydrogen (secondary N) is 1. The Bertz CT molecular complexity index is 1320. The first-order chi connectivity index (χ1) is 17.5. The molecule has 36 heavy (non-hydrogen) atoms. The topological polar surface area (TPSA) is 73.2 Å². The van der Waals surface area contributed by atoms with E-state index in [0.29, 0.717) is 27.9 Å². The number of carbonyl (C=O) groups excluding carboxylic acids is 2. The van der Waals surface area contributed by atoms with Crippen molar-refractivity contribution >= 4 is 45.9 Å². The molecule has 0 aliphatic rings. The molecule has 1 heterocycles. The number of ether oxygens (including phenoxy) is 1. The van der Waals surface area contributed by atoms with E-state index < -0.39 is 0 Å². The number of hydrogen-bond acceptors (Lipinski definition) is 4. The Morgan fingerprint density at radius 3 is 2.31 bits per heavy atom. The van der Waals surface area contributed by atoms with Crippen molar-refractivity contribution in [1.29, 1.82) is 0 Å². The van der Waals surface area contributed by atoms with Crippen LogP contribution in [0.2, 0.25) is 10.0 Å². The Hall–Kier alpha value is -3.35. The van der Waals surface area contributed by atoms with E-state index in [4.69, 9.17) is 32.9 Å². The quantitative estimate of drug-likeness (QED) is 0.179. The van der Waals surface area contributed by atoms with Gasteiger partial charge < -0.3 is 14.6 Å². The molecule has 0 spiro atoms. The average molecular weight is 524 g/mol. The van der Waals surface area contributed by atoms with Gasteiger partial charge in [0.15, 0.2) is 12.4 Å². The van der Waals surface area contributed by atoms with Crippen molar-refractivity contribution in [3.8, 4) is 5.75 Å². The third kappa shape index (κ3) is 7.09. The van der Waals surface area contributed by atoms with Crippen molar-refractivity contribution in [3.05, 3.63) is 94.2 Å². The Morgan fingerprint density at radius 1 is 0.861 bits per heavy atom. The highest BCUT2D eigenvalue weighted by atomic mass is 35.5. The minimum atomic E-state index is -0.160. The van der Waals surface area contributed by atoms with E-state index in [1.807, 2.05) is 28.8 Å². The summed E-state index contributed by atoms with van der Waals surface area (Å²) >= 11 is 11.8. The van der Waals surface area contributed by atoms with Crippen LogP contribution in [0.3, 0.4) is 0 Å². The summed E-state index contributed by atoms with van der Waals surface area (Å²) in [5.41, 5.74) is 2.45. The third-order valence-electron chi connectivity index (χ3n) is 5.78. The molecule has 0 bridgehead atoms. The maximum absolute atomic E-state index is 12.9. The van der Waals surface area contributed by atoms with Crippen molar-refractivity contribution < 1.29 is 14.3 Å². The van der Waals surface area contributed by atoms with E-state index in [0.717, 1.165) is 42.5 Å². The molecule has 0 saturated heterocycles. The normalized spacial score (nSPS) is 10.9. The van der Waals surface area contributed by atoms with Crippen LogP contribution in [0.25, 0.3) is 11.0 Å². The van der Waals surface area contributed by atoms with Crippen molar-refractivity contribution in [1.82, 2.24) is 14.9 Å². The molecule has 6 nitrogen and oxygen atoms in total. The molecule has 0 unspecified atom stereocenters. The summed E-state index contributed by atoms with van der Waals surface area (Å²) < 4.78 is 7.46. The fraction of sp³-hybridized carbons (Fsp3) is 0.250. The first-order valence-corrected chi connectivity index (χ1v) is 12.6. The van der Waals surface area contributed by atoms with Crippen molar-refractivity contribution in [2.75, 3.05) is 13.2 Å². The van der Waals surface area contributed by atoms with Gasteiger partial charge in [-0.1, -0.05) is 41.8 Å². The molecular weight excluding hydrogens is 497 g/mol. The maximum Gasteiger partial charge on any atom is 0.257 e. The molecule has 0 aliphatic carbocycles. The predicted molar refractivity (Wildman–Crippen MR) is 143 cm³/mol. The first kappa shape index (κ1) is 25.7. The number of ketones is 1. The molecule has 1 amide bonds. The third-order valence-corrected chi connectivity index (χ3v) is 6.29. The van der Waals surface area contributed by atoms with Gasteiger partial charge in [0.1, 0.15) is 11.6 Å². The lowest BCUT2D eigenvalue weighted by Gasteiger charge is -2.10. The van der Waals surface area contributed by atoms with Crippen molar-refractivity contribution in [3.63, 3.8) is 0 Å². The van der Waals surface area contributed by atoms with Gasteiger partial charge >= 0.3 is 0 Å². The maximum atomic E-state index is 12.9.